The van der Waals surface area contributed by atoms with Crippen LogP contribution < -0.4 is 15.1 Å². The van der Waals surface area contributed by atoms with Crippen LogP contribution in [0.15, 0.2) is 66.9 Å². The Morgan fingerprint density at radius 2 is 1.52 bits per heavy atom. The van der Waals surface area contributed by atoms with E-state index in [1.54, 1.807) is 12.3 Å². The van der Waals surface area contributed by atoms with Crippen molar-refractivity contribution in [2.75, 3.05) is 41.3 Å². The van der Waals surface area contributed by atoms with Gasteiger partial charge in [-0.2, -0.15) is 0 Å². The largest absolute Gasteiger partial charge is 0.368 e. The van der Waals surface area contributed by atoms with Crippen molar-refractivity contribution in [3.05, 3.63) is 83.8 Å². The molecule has 6 heteroatoms. The van der Waals surface area contributed by atoms with Gasteiger partial charge in [0.1, 0.15) is 11.6 Å². The third-order valence-corrected chi connectivity index (χ3v) is 5.22. The first-order valence-electron chi connectivity index (χ1n) is 9.69. The third kappa shape index (κ3) is 4.37. The maximum atomic E-state index is 13.1. The number of carbonyl (C=O) groups excluding carboxylic acids is 1. The maximum absolute atomic E-state index is 13.1. The van der Waals surface area contributed by atoms with E-state index < -0.39 is 0 Å². The normalized spacial score (nSPS) is 14.0. The average molecular weight is 390 g/mol. The predicted octanol–water partition coefficient (Wildman–Crippen LogP) is 4.11. The molecular weight excluding hydrogens is 367 g/mol. The molecule has 0 spiro atoms. The number of hydrogen-bond acceptors (Lipinski definition) is 4. The minimum atomic E-state index is -0.215. The number of pyridine rings is 1. The summed E-state index contributed by atoms with van der Waals surface area (Å²) in [6, 6.07) is 17.9. The fraction of sp³-hybridized carbons (Fsp3) is 0.217. The first-order chi connectivity index (χ1) is 14.1. The lowest BCUT2D eigenvalue weighted by atomic mass is 10.1. The summed E-state index contributed by atoms with van der Waals surface area (Å²) in [5.74, 6) is 0.163. The van der Waals surface area contributed by atoms with Crippen LogP contribution in [-0.4, -0.2) is 37.1 Å². The Kier molecular flexibility index (Phi) is 5.42. The van der Waals surface area contributed by atoms with E-state index in [-0.39, 0.29) is 11.7 Å². The monoisotopic (exact) mass is 390 g/mol. The van der Waals surface area contributed by atoms with Crippen molar-refractivity contribution in [1.29, 1.82) is 0 Å². The summed E-state index contributed by atoms with van der Waals surface area (Å²) in [6.07, 6.45) is 1.79. The van der Waals surface area contributed by atoms with Gasteiger partial charge < -0.3 is 15.1 Å². The molecule has 0 bridgehead atoms. The first kappa shape index (κ1) is 18.9. The third-order valence-electron chi connectivity index (χ3n) is 5.22. The molecule has 2 heterocycles. The number of rotatable bonds is 4. The molecule has 1 fully saturated rings. The number of aromatic nitrogens is 1. The highest BCUT2D eigenvalue weighted by Gasteiger charge is 2.18. The zero-order chi connectivity index (χ0) is 20.2. The van der Waals surface area contributed by atoms with Gasteiger partial charge in [-0.25, -0.2) is 9.37 Å². The minimum Gasteiger partial charge on any atom is -0.368 e. The van der Waals surface area contributed by atoms with E-state index in [0.717, 1.165) is 43.1 Å². The Bertz CT molecular complexity index is 981. The fourth-order valence-corrected chi connectivity index (χ4v) is 3.53. The highest BCUT2D eigenvalue weighted by molar-refractivity contribution is 6.04. The summed E-state index contributed by atoms with van der Waals surface area (Å²) >= 11 is 0. The maximum Gasteiger partial charge on any atom is 0.257 e. The molecule has 29 heavy (non-hydrogen) atoms. The quantitative estimate of drug-likeness (QED) is 0.728. The number of hydrogen-bond donors (Lipinski definition) is 1. The standard InChI is InChI=1S/C23H23FN4O/c1-17-4-2-3-5-21(17)23(29)26-22-11-10-20(16-25-22)28-14-12-27(13-15-28)19-8-6-18(24)7-9-19/h2-11,16H,12-15H2,1H3,(H,25,26,29). The lowest BCUT2D eigenvalue weighted by Crippen LogP contribution is -2.46. The Morgan fingerprint density at radius 3 is 2.14 bits per heavy atom. The van der Waals surface area contributed by atoms with Gasteiger partial charge in [-0.05, 0) is 55.0 Å². The number of nitrogens with zero attached hydrogens (tertiary/aromatic N) is 3. The van der Waals surface area contributed by atoms with E-state index in [9.17, 15) is 9.18 Å². The number of carbonyl (C=O) groups is 1. The molecule has 2 aromatic carbocycles. The van der Waals surface area contributed by atoms with E-state index in [4.69, 9.17) is 0 Å². The highest BCUT2D eigenvalue weighted by Crippen LogP contribution is 2.21. The van der Waals surface area contributed by atoms with Crippen molar-refractivity contribution in [3.63, 3.8) is 0 Å². The number of halogens is 1. The van der Waals surface area contributed by atoms with Crippen LogP contribution in [0, 0.1) is 12.7 Å². The Morgan fingerprint density at radius 1 is 0.897 bits per heavy atom. The number of piperazine rings is 1. The van der Waals surface area contributed by atoms with Crippen LogP contribution in [0.2, 0.25) is 0 Å². The van der Waals surface area contributed by atoms with Crippen molar-refractivity contribution >= 4 is 23.1 Å². The summed E-state index contributed by atoms with van der Waals surface area (Å²) in [7, 11) is 0. The number of anilines is 3. The molecule has 1 aromatic heterocycles. The van der Waals surface area contributed by atoms with Crippen LogP contribution in [0.4, 0.5) is 21.6 Å². The SMILES string of the molecule is Cc1ccccc1C(=O)Nc1ccc(N2CCN(c3ccc(F)cc3)CC2)cn1. The fourth-order valence-electron chi connectivity index (χ4n) is 3.53. The molecule has 1 saturated heterocycles. The number of nitrogens with one attached hydrogen (secondary N) is 1. The zero-order valence-corrected chi connectivity index (χ0v) is 16.3. The van der Waals surface area contributed by atoms with Gasteiger partial charge in [0, 0.05) is 37.4 Å². The van der Waals surface area contributed by atoms with Gasteiger partial charge in [-0.1, -0.05) is 18.2 Å². The summed E-state index contributed by atoms with van der Waals surface area (Å²) in [4.78, 5) is 21.3. The van der Waals surface area contributed by atoms with E-state index in [1.807, 2.05) is 49.4 Å². The molecule has 1 N–H and O–H groups in total. The van der Waals surface area contributed by atoms with Crippen LogP contribution in [0.1, 0.15) is 15.9 Å². The van der Waals surface area contributed by atoms with Gasteiger partial charge in [0.05, 0.1) is 11.9 Å². The molecule has 1 aliphatic rings. The second-order valence-electron chi connectivity index (χ2n) is 7.12. The van der Waals surface area contributed by atoms with Crippen molar-refractivity contribution < 1.29 is 9.18 Å². The second kappa shape index (κ2) is 8.31. The summed E-state index contributed by atoms with van der Waals surface area (Å²) < 4.78 is 13.1. The summed E-state index contributed by atoms with van der Waals surface area (Å²) in [5.41, 5.74) is 3.65. The van der Waals surface area contributed by atoms with Crippen molar-refractivity contribution in [1.82, 2.24) is 4.98 Å². The molecule has 0 atom stereocenters. The smallest absolute Gasteiger partial charge is 0.257 e. The van der Waals surface area contributed by atoms with Crippen LogP contribution in [0.5, 0.6) is 0 Å². The lowest BCUT2D eigenvalue weighted by molar-refractivity contribution is 0.102. The highest BCUT2D eigenvalue weighted by atomic mass is 19.1. The van der Waals surface area contributed by atoms with Crippen LogP contribution in [0.25, 0.3) is 0 Å². The van der Waals surface area contributed by atoms with Crippen molar-refractivity contribution in [2.45, 2.75) is 6.92 Å². The van der Waals surface area contributed by atoms with Gasteiger partial charge in [0.15, 0.2) is 0 Å². The Balaban J connectivity index is 1.36. The van der Waals surface area contributed by atoms with Gasteiger partial charge in [0.2, 0.25) is 0 Å². The molecule has 1 amide bonds. The van der Waals surface area contributed by atoms with E-state index in [0.29, 0.717) is 11.4 Å². The molecule has 0 unspecified atom stereocenters. The molecule has 1 aliphatic heterocycles. The van der Waals surface area contributed by atoms with E-state index in [1.165, 1.54) is 12.1 Å². The molecule has 3 aromatic rings. The number of aryl methyl sites for hydroxylation is 1. The molecule has 4 rings (SSSR count). The molecule has 5 nitrogen and oxygen atoms in total. The number of benzene rings is 2. The van der Waals surface area contributed by atoms with Crippen molar-refractivity contribution in [2.24, 2.45) is 0 Å². The average Bonchev–Trinajstić information content (AvgIpc) is 2.75. The minimum absolute atomic E-state index is 0.156. The Labute approximate surface area is 169 Å². The summed E-state index contributed by atoms with van der Waals surface area (Å²) in [5, 5.41) is 2.85. The zero-order valence-electron chi connectivity index (χ0n) is 16.3. The molecule has 0 saturated carbocycles. The first-order valence-corrected chi connectivity index (χ1v) is 9.69. The van der Waals surface area contributed by atoms with Gasteiger partial charge in [-0.15, -0.1) is 0 Å². The molecule has 0 aliphatic carbocycles. The lowest BCUT2D eigenvalue weighted by Gasteiger charge is -2.37. The van der Waals surface area contributed by atoms with Crippen LogP contribution in [-0.2, 0) is 0 Å². The van der Waals surface area contributed by atoms with Crippen LogP contribution >= 0.6 is 0 Å². The van der Waals surface area contributed by atoms with E-state index in [2.05, 4.69) is 20.1 Å². The summed E-state index contributed by atoms with van der Waals surface area (Å²) in [6.45, 7) is 5.34. The Hall–Kier alpha value is -3.41. The van der Waals surface area contributed by atoms with Gasteiger partial charge in [0.25, 0.3) is 5.91 Å². The topological polar surface area (TPSA) is 48.5 Å². The van der Waals surface area contributed by atoms with Gasteiger partial charge >= 0.3 is 0 Å². The molecule has 0 radical (unpaired) electrons. The van der Waals surface area contributed by atoms with Crippen LogP contribution in [0.3, 0.4) is 0 Å². The van der Waals surface area contributed by atoms with E-state index >= 15 is 0 Å². The predicted molar refractivity (Wildman–Crippen MR) is 114 cm³/mol. The van der Waals surface area contributed by atoms with Crippen molar-refractivity contribution in [3.8, 4) is 0 Å². The number of amides is 1. The van der Waals surface area contributed by atoms with Gasteiger partial charge in [-0.3, -0.25) is 4.79 Å². The molecular formula is C23H23FN4O. The molecule has 148 valence electrons. The second-order valence-corrected chi connectivity index (χ2v) is 7.12.